The number of thiol groups is 1. The van der Waals surface area contributed by atoms with E-state index in [9.17, 15) is 14.4 Å². The number of hydrogen-bond acceptors (Lipinski definition) is 7. The third kappa shape index (κ3) is 5.56. The average Bonchev–Trinajstić information content (AvgIpc) is 2.79. The molecule has 2 aromatic carbocycles. The molecule has 9 heteroatoms. The summed E-state index contributed by atoms with van der Waals surface area (Å²) < 4.78 is 10.8. The Labute approximate surface area is 186 Å². The number of ether oxygens (including phenoxy) is 2. The van der Waals surface area contributed by atoms with Crippen molar-refractivity contribution in [3.05, 3.63) is 66.2 Å². The summed E-state index contributed by atoms with van der Waals surface area (Å²) in [6, 6.07) is 17.3. The van der Waals surface area contributed by atoms with Gasteiger partial charge in [-0.15, -0.1) is 0 Å². The number of likely N-dealkylation sites (N-methyl/N-ethyl adjacent to an activating group) is 1. The third-order valence-corrected chi connectivity index (χ3v) is 5.27. The zero-order valence-corrected chi connectivity index (χ0v) is 18.2. The first-order valence-corrected chi connectivity index (χ1v) is 10.2. The van der Waals surface area contributed by atoms with E-state index in [0.717, 1.165) is 5.56 Å². The number of rotatable bonds is 9. The predicted octanol–water partition coefficient (Wildman–Crippen LogP) is 1.28. The number of likely N-dealkylation sites (tertiary alicyclic amines) is 1. The lowest BCUT2D eigenvalue weighted by molar-refractivity contribution is -0.173. The summed E-state index contributed by atoms with van der Waals surface area (Å²) in [5, 5.41) is 1.93. The maximum atomic E-state index is 12.7. The first kappa shape index (κ1) is 22.6. The monoisotopic (exact) mass is 443 g/mol. The van der Waals surface area contributed by atoms with Crippen LogP contribution in [0.25, 0.3) is 0 Å². The highest BCUT2D eigenvalue weighted by molar-refractivity contribution is 7.81. The van der Waals surface area contributed by atoms with E-state index in [1.54, 1.807) is 43.3 Å². The molecule has 3 atom stereocenters. The Bertz CT molecular complexity index is 910. The highest BCUT2D eigenvalue weighted by Crippen LogP contribution is 2.27. The number of benzene rings is 2. The first-order valence-electron chi connectivity index (χ1n) is 9.73. The molecule has 0 saturated carbocycles. The smallest absolute Gasteiger partial charge is 0.344 e. The summed E-state index contributed by atoms with van der Waals surface area (Å²) in [6.07, 6.45) is -0.951. The summed E-state index contributed by atoms with van der Waals surface area (Å²) in [4.78, 5) is 40.4. The summed E-state index contributed by atoms with van der Waals surface area (Å²) in [5.41, 5.74) is 0.842. The average molecular weight is 444 g/mol. The molecular weight excluding hydrogens is 418 g/mol. The Balaban J connectivity index is 1.54. The van der Waals surface area contributed by atoms with Gasteiger partial charge in [0, 0.05) is 0 Å². The normalized spacial score (nSPS) is 18.8. The Morgan fingerprint density at radius 2 is 1.71 bits per heavy atom. The minimum Gasteiger partial charge on any atom is -0.484 e. The molecule has 2 aromatic rings. The van der Waals surface area contributed by atoms with E-state index in [1.165, 1.54) is 4.90 Å². The molecule has 2 amide bonds. The fraction of sp³-hybridized carbons (Fsp3) is 0.318. The number of esters is 1. The number of β-lactam (4-membered cyclic amide) rings is 1. The number of hydrogen-bond donors (Lipinski definition) is 2. The van der Waals surface area contributed by atoms with Gasteiger partial charge in [-0.2, -0.15) is 12.6 Å². The van der Waals surface area contributed by atoms with Crippen LogP contribution >= 0.6 is 12.6 Å². The Kier molecular flexibility index (Phi) is 7.54. The molecule has 1 N–H and O–H groups in total. The lowest BCUT2D eigenvalue weighted by Gasteiger charge is -2.49. The molecule has 0 aromatic heterocycles. The fourth-order valence-corrected chi connectivity index (χ4v) is 3.60. The molecule has 1 heterocycles. The van der Waals surface area contributed by atoms with Crippen molar-refractivity contribution < 1.29 is 23.9 Å². The van der Waals surface area contributed by atoms with Crippen molar-refractivity contribution >= 4 is 30.4 Å². The third-order valence-electron chi connectivity index (χ3n) is 4.72. The van der Waals surface area contributed by atoms with E-state index in [4.69, 9.17) is 9.47 Å². The van der Waals surface area contributed by atoms with Gasteiger partial charge in [0.2, 0.25) is 0 Å². The minimum absolute atomic E-state index is 0.0975. The summed E-state index contributed by atoms with van der Waals surface area (Å²) in [6.45, 7) is -0.134. The Hall–Kier alpha value is -3.04. The molecule has 0 radical (unpaired) electrons. The van der Waals surface area contributed by atoms with Gasteiger partial charge in [0.1, 0.15) is 23.8 Å². The van der Waals surface area contributed by atoms with Gasteiger partial charge in [0.15, 0.2) is 12.8 Å². The topological polar surface area (TPSA) is 88.2 Å². The van der Waals surface area contributed by atoms with E-state index >= 15 is 0 Å². The molecule has 31 heavy (non-hydrogen) atoms. The van der Waals surface area contributed by atoms with Crippen molar-refractivity contribution in [2.75, 3.05) is 20.7 Å². The number of nitrogens with one attached hydrogen (secondary N) is 1. The van der Waals surface area contributed by atoms with Crippen molar-refractivity contribution in [1.29, 1.82) is 0 Å². The Morgan fingerprint density at radius 1 is 1.10 bits per heavy atom. The molecular formula is C22H25N3O5S. The molecule has 8 nitrogen and oxygen atoms in total. The molecule has 0 spiro atoms. The quantitative estimate of drug-likeness (QED) is 0.345. The summed E-state index contributed by atoms with van der Waals surface area (Å²) >= 11 is 4.43. The van der Waals surface area contributed by atoms with Gasteiger partial charge in [-0.05, 0) is 31.8 Å². The molecule has 0 bridgehead atoms. The zero-order valence-electron chi connectivity index (χ0n) is 17.3. The van der Waals surface area contributed by atoms with Crippen LogP contribution in [-0.4, -0.2) is 65.9 Å². The first-order chi connectivity index (χ1) is 14.9. The molecule has 1 saturated heterocycles. The lowest BCUT2D eigenvalue weighted by atomic mass is 10.1. The highest BCUT2D eigenvalue weighted by atomic mass is 32.1. The van der Waals surface area contributed by atoms with Crippen LogP contribution in [-0.2, 0) is 25.7 Å². The Morgan fingerprint density at radius 3 is 2.29 bits per heavy atom. The van der Waals surface area contributed by atoms with Crippen LogP contribution in [0.2, 0.25) is 0 Å². The second-order valence-corrected chi connectivity index (χ2v) is 7.77. The second-order valence-electron chi connectivity index (χ2n) is 7.24. The largest absolute Gasteiger partial charge is 0.484 e. The highest BCUT2D eigenvalue weighted by Gasteiger charge is 2.52. The van der Waals surface area contributed by atoms with Crippen LogP contribution in [0.15, 0.2) is 60.7 Å². The SMILES string of the molecule is CN(C)C(C(=O)OCc1ccccc1)N1C(=O)[C@@H](NC(=O)COc2ccccc2)[C@H]1S. The molecule has 1 aliphatic rings. The van der Waals surface area contributed by atoms with E-state index in [1.807, 2.05) is 36.4 Å². The number of amides is 2. The van der Waals surface area contributed by atoms with Gasteiger partial charge in [-0.3, -0.25) is 14.5 Å². The van der Waals surface area contributed by atoms with E-state index < -0.39 is 35.4 Å². The molecule has 1 unspecified atom stereocenters. The number of para-hydroxylation sites is 1. The van der Waals surface area contributed by atoms with Crippen molar-refractivity contribution in [1.82, 2.24) is 15.1 Å². The van der Waals surface area contributed by atoms with Crippen LogP contribution in [0, 0.1) is 0 Å². The van der Waals surface area contributed by atoms with E-state index in [2.05, 4.69) is 17.9 Å². The van der Waals surface area contributed by atoms with E-state index in [-0.39, 0.29) is 13.2 Å². The molecule has 3 rings (SSSR count). The van der Waals surface area contributed by atoms with Crippen LogP contribution in [0.4, 0.5) is 0 Å². The maximum absolute atomic E-state index is 12.7. The second kappa shape index (κ2) is 10.3. The maximum Gasteiger partial charge on any atom is 0.344 e. The summed E-state index contributed by atoms with van der Waals surface area (Å²) in [7, 11) is 3.34. The van der Waals surface area contributed by atoms with Gasteiger partial charge in [-0.1, -0.05) is 48.5 Å². The van der Waals surface area contributed by atoms with Crippen molar-refractivity contribution in [3.63, 3.8) is 0 Å². The van der Waals surface area contributed by atoms with E-state index in [0.29, 0.717) is 5.75 Å². The van der Waals surface area contributed by atoms with Crippen LogP contribution < -0.4 is 10.1 Å². The number of carbonyl (C=O) groups excluding carboxylic acids is 3. The molecule has 1 aliphatic heterocycles. The molecule has 1 fully saturated rings. The minimum atomic E-state index is -0.951. The van der Waals surface area contributed by atoms with Crippen LogP contribution in [0.5, 0.6) is 5.75 Å². The predicted molar refractivity (Wildman–Crippen MR) is 117 cm³/mol. The van der Waals surface area contributed by atoms with Gasteiger partial charge in [0.05, 0.1) is 0 Å². The van der Waals surface area contributed by atoms with Gasteiger partial charge >= 0.3 is 5.97 Å². The van der Waals surface area contributed by atoms with Crippen molar-refractivity contribution in [2.24, 2.45) is 0 Å². The van der Waals surface area contributed by atoms with Crippen molar-refractivity contribution in [2.45, 2.75) is 24.2 Å². The van der Waals surface area contributed by atoms with Crippen molar-refractivity contribution in [3.8, 4) is 5.75 Å². The fourth-order valence-electron chi connectivity index (χ4n) is 3.16. The number of nitrogens with zero attached hydrogens (tertiary/aromatic N) is 2. The van der Waals surface area contributed by atoms with Gasteiger partial charge < -0.3 is 19.7 Å². The zero-order chi connectivity index (χ0) is 22.4. The molecule has 164 valence electrons. The van der Waals surface area contributed by atoms with Crippen LogP contribution in [0.1, 0.15) is 5.56 Å². The summed E-state index contributed by atoms with van der Waals surface area (Å²) in [5.74, 6) is -0.883. The van der Waals surface area contributed by atoms with Gasteiger partial charge in [-0.25, -0.2) is 4.79 Å². The lowest BCUT2D eigenvalue weighted by Crippen LogP contribution is -2.74. The molecule has 0 aliphatic carbocycles. The number of carbonyl (C=O) groups is 3. The standard InChI is InChI=1S/C22H25N3O5S/c1-24(2)19(22(28)30-13-15-9-5-3-6-10-15)25-20(27)18(21(25)31)23-17(26)14-29-16-11-7-4-8-12-16/h3-12,18-19,21,31H,13-14H2,1-2H3,(H,23,26)/t18-,19?,21-/m1/s1. The van der Waals surface area contributed by atoms with Crippen LogP contribution in [0.3, 0.4) is 0 Å². The van der Waals surface area contributed by atoms with Gasteiger partial charge in [0.25, 0.3) is 11.8 Å².